The molecule has 1 aliphatic carbocycles. The van der Waals surface area contributed by atoms with Gasteiger partial charge in [-0.15, -0.1) is 0 Å². The summed E-state index contributed by atoms with van der Waals surface area (Å²) in [5, 5.41) is 8.33. The van der Waals surface area contributed by atoms with E-state index >= 15 is 0 Å². The van der Waals surface area contributed by atoms with Crippen LogP contribution in [0.2, 0.25) is 0 Å². The fraction of sp³-hybridized carbons (Fsp3) is 0.611. The number of nitrogens with zero attached hydrogens (tertiary/aromatic N) is 5. The Labute approximate surface area is 147 Å². The van der Waals surface area contributed by atoms with E-state index in [0.29, 0.717) is 11.6 Å². The average molecular weight is 343 g/mol. The van der Waals surface area contributed by atoms with Crippen molar-refractivity contribution in [2.45, 2.75) is 45.2 Å². The van der Waals surface area contributed by atoms with E-state index in [1.165, 1.54) is 5.56 Å². The van der Waals surface area contributed by atoms with Gasteiger partial charge in [0.05, 0.1) is 6.20 Å². The molecule has 0 atom stereocenters. The second kappa shape index (κ2) is 7.00. The van der Waals surface area contributed by atoms with Gasteiger partial charge >= 0.3 is 0 Å². The molecular formula is C18H25N5O2. The Bertz CT molecular complexity index is 733. The first-order chi connectivity index (χ1) is 12.2. The van der Waals surface area contributed by atoms with Crippen molar-refractivity contribution in [1.82, 2.24) is 24.7 Å². The Morgan fingerprint density at radius 1 is 1.28 bits per heavy atom. The van der Waals surface area contributed by atoms with Crippen molar-refractivity contribution in [3.63, 3.8) is 0 Å². The van der Waals surface area contributed by atoms with Crippen molar-refractivity contribution in [3.05, 3.63) is 35.5 Å². The van der Waals surface area contributed by atoms with Gasteiger partial charge in [-0.2, -0.15) is 5.10 Å². The normalized spacial score (nSPS) is 19.2. The zero-order valence-corrected chi connectivity index (χ0v) is 14.7. The SMILES string of the molecule is CCn1cc(CN2CCCN(C(=O)c3cc(C4CC4)on3)CC2)cn1. The quantitative estimate of drug-likeness (QED) is 0.832. The Balaban J connectivity index is 1.34. The predicted molar refractivity (Wildman–Crippen MR) is 92.2 cm³/mol. The molecule has 2 aromatic heterocycles. The van der Waals surface area contributed by atoms with Gasteiger partial charge in [0, 0.05) is 63.0 Å². The van der Waals surface area contributed by atoms with E-state index in [9.17, 15) is 4.79 Å². The lowest BCUT2D eigenvalue weighted by Crippen LogP contribution is -2.35. The molecule has 0 spiro atoms. The highest BCUT2D eigenvalue weighted by Gasteiger charge is 2.30. The highest BCUT2D eigenvalue weighted by atomic mass is 16.5. The van der Waals surface area contributed by atoms with E-state index in [4.69, 9.17) is 4.52 Å². The molecule has 2 aromatic rings. The number of aryl methyl sites for hydroxylation is 1. The second-order valence-electron chi connectivity index (χ2n) is 7.01. The third-order valence-corrected chi connectivity index (χ3v) is 5.02. The van der Waals surface area contributed by atoms with Gasteiger partial charge in [-0.3, -0.25) is 14.4 Å². The molecule has 4 rings (SSSR count). The van der Waals surface area contributed by atoms with E-state index in [0.717, 1.165) is 64.3 Å². The fourth-order valence-electron chi connectivity index (χ4n) is 3.36. The summed E-state index contributed by atoms with van der Waals surface area (Å²) in [5.74, 6) is 1.35. The minimum absolute atomic E-state index is 0.00342. The van der Waals surface area contributed by atoms with Gasteiger partial charge in [0.15, 0.2) is 5.69 Å². The number of carbonyl (C=O) groups is 1. The number of hydrogen-bond acceptors (Lipinski definition) is 5. The number of amides is 1. The summed E-state index contributed by atoms with van der Waals surface area (Å²) in [6.45, 7) is 7.23. The van der Waals surface area contributed by atoms with Gasteiger partial charge in [0.25, 0.3) is 5.91 Å². The summed E-state index contributed by atoms with van der Waals surface area (Å²) >= 11 is 0. The first-order valence-electron chi connectivity index (χ1n) is 9.22. The molecule has 1 saturated carbocycles. The molecule has 1 amide bonds. The van der Waals surface area contributed by atoms with Crippen LogP contribution in [0.5, 0.6) is 0 Å². The smallest absolute Gasteiger partial charge is 0.276 e. The van der Waals surface area contributed by atoms with Crippen LogP contribution in [0.15, 0.2) is 23.0 Å². The fourth-order valence-corrected chi connectivity index (χ4v) is 3.36. The van der Waals surface area contributed by atoms with Crippen molar-refractivity contribution >= 4 is 5.91 Å². The standard InChI is InChI=1S/C18H25N5O2/c1-2-23-13-14(11-19-23)12-21-6-3-7-22(9-8-21)18(24)16-10-17(25-20-16)15-4-5-15/h10-11,13,15H,2-9,12H2,1H3. The summed E-state index contributed by atoms with van der Waals surface area (Å²) in [5.41, 5.74) is 1.69. The zero-order chi connectivity index (χ0) is 17.2. The van der Waals surface area contributed by atoms with Gasteiger partial charge in [0.2, 0.25) is 0 Å². The molecule has 0 bridgehead atoms. The summed E-state index contributed by atoms with van der Waals surface area (Å²) in [4.78, 5) is 17.0. The number of hydrogen-bond donors (Lipinski definition) is 0. The monoisotopic (exact) mass is 343 g/mol. The van der Waals surface area contributed by atoms with Crippen LogP contribution >= 0.6 is 0 Å². The Hall–Kier alpha value is -2.15. The first kappa shape index (κ1) is 16.3. The van der Waals surface area contributed by atoms with Crippen LogP contribution in [0.3, 0.4) is 0 Å². The lowest BCUT2D eigenvalue weighted by molar-refractivity contribution is 0.0750. The van der Waals surface area contributed by atoms with Crippen LogP contribution < -0.4 is 0 Å². The molecule has 2 aliphatic rings. The first-order valence-corrected chi connectivity index (χ1v) is 9.22. The van der Waals surface area contributed by atoms with Crippen LogP contribution in [0.4, 0.5) is 0 Å². The molecule has 7 heteroatoms. The summed E-state index contributed by atoms with van der Waals surface area (Å²) < 4.78 is 7.28. The molecule has 1 saturated heterocycles. The zero-order valence-electron chi connectivity index (χ0n) is 14.7. The van der Waals surface area contributed by atoms with Crippen molar-refractivity contribution < 1.29 is 9.32 Å². The number of rotatable bonds is 5. The third-order valence-electron chi connectivity index (χ3n) is 5.02. The highest BCUT2D eigenvalue weighted by molar-refractivity contribution is 5.92. The van der Waals surface area contributed by atoms with Gasteiger partial charge < -0.3 is 9.42 Å². The van der Waals surface area contributed by atoms with Gasteiger partial charge in [-0.1, -0.05) is 5.16 Å². The molecule has 1 aliphatic heterocycles. The van der Waals surface area contributed by atoms with Gasteiger partial charge in [-0.05, 0) is 26.2 Å². The van der Waals surface area contributed by atoms with Crippen LogP contribution in [0.1, 0.15) is 53.9 Å². The molecule has 0 aromatic carbocycles. The molecule has 134 valence electrons. The minimum atomic E-state index is -0.00342. The Kier molecular flexibility index (Phi) is 4.57. The average Bonchev–Trinajstić information content (AvgIpc) is 3.26. The molecular weight excluding hydrogens is 318 g/mol. The maximum atomic E-state index is 12.7. The molecule has 2 fully saturated rings. The Morgan fingerprint density at radius 3 is 2.92 bits per heavy atom. The maximum absolute atomic E-state index is 12.7. The second-order valence-corrected chi connectivity index (χ2v) is 7.01. The van der Waals surface area contributed by atoms with Crippen LogP contribution in [0.25, 0.3) is 0 Å². The van der Waals surface area contributed by atoms with Crippen LogP contribution in [0, 0.1) is 0 Å². The van der Waals surface area contributed by atoms with Gasteiger partial charge in [-0.25, -0.2) is 0 Å². The minimum Gasteiger partial charge on any atom is -0.360 e. The van der Waals surface area contributed by atoms with E-state index in [1.807, 2.05) is 21.8 Å². The highest BCUT2D eigenvalue weighted by Crippen LogP contribution is 2.40. The summed E-state index contributed by atoms with van der Waals surface area (Å²) in [6, 6.07) is 1.84. The summed E-state index contributed by atoms with van der Waals surface area (Å²) in [7, 11) is 0. The molecule has 0 unspecified atom stereocenters. The van der Waals surface area contributed by atoms with Crippen molar-refractivity contribution in [2.24, 2.45) is 0 Å². The molecule has 3 heterocycles. The van der Waals surface area contributed by atoms with Gasteiger partial charge in [0.1, 0.15) is 5.76 Å². The predicted octanol–water partition coefficient (Wildman–Crippen LogP) is 2.12. The van der Waals surface area contributed by atoms with E-state index in [1.54, 1.807) is 0 Å². The van der Waals surface area contributed by atoms with Crippen molar-refractivity contribution in [3.8, 4) is 0 Å². The number of aromatic nitrogens is 3. The summed E-state index contributed by atoms with van der Waals surface area (Å²) in [6.07, 6.45) is 7.31. The van der Waals surface area contributed by atoms with Crippen LogP contribution in [-0.2, 0) is 13.1 Å². The molecule has 25 heavy (non-hydrogen) atoms. The molecule has 0 N–H and O–H groups in total. The largest absolute Gasteiger partial charge is 0.360 e. The third kappa shape index (κ3) is 3.76. The van der Waals surface area contributed by atoms with E-state index in [2.05, 4.69) is 28.3 Å². The van der Waals surface area contributed by atoms with E-state index < -0.39 is 0 Å². The van der Waals surface area contributed by atoms with Crippen molar-refractivity contribution in [2.75, 3.05) is 26.2 Å². The van der Waals surface area contributed by atoms with Crippen LogP contribution in [-0.4, -0.2) is 56.8 Å². The topological polar surface area (TPSA) is 67.4 Å². The van der Waals surface area contributed by atoms with Crippen molar-refractivity contribution in [1.29, 1.82) is 0 Å². The van der Waals surface area contributed by atoms with E-state index in [-0.39, 0.29) is 5.91 Å². The molecule has 7 nitrogen and oxygen atoms in total. The Morgan fingerprint density at radius 2 is 2.16 bits per heavy atom. The lowest BCUT2D eigenvalue weighted by atomic mass is 10.2. The maximum Gasteiger partial charge on any atom is 0.276 e. The molecule has 0 radical (unpaired) electrons. The lowest BCUT2D eigenvalue weighted by Gasteiger charge is -2.20. The number of carbonyl (C=O) groups excluding carboxylic acids is 1.